The quantitative estimate of drug-likeness (QED) is 0.228. The second kappa shape index (κ2) is 8.41. The van der Waals surface area contributed by atoms with E-state index >= 15 is 0 Å². The van der Waals surface area contributed by atoms with Crippen LogP contribution in [0.2, 0.25) is 0 Å². The van der Waals surface area contributed by atoms with E-state index in [1.165, 1.54) is 41.2 Å². The molecule has 2 aliphatic rings. The van der Waals surface area contributed by atoms with E-state index in [1.54, 1.807) is 60.7 Å². The molecule has 3 heterocycles. The topological polar surface area (TPSA) is 123 Å². The molecule has 38 heavy (non-hydrogen) atoms. The lowest BCUT2D eigenvalue weighted by Gasteiger charge is -2.33. The number of amides is 2. The molecule has 1 unspecified atom stereocenters. The number of nitro groups is 1. The molecule has 0 N–H and O–H groups in total. The Morgan fingerprint density at radius 3 is 2.42 bits per heavy atom. The van der Waals surface area contributed by atoms with Gasteiger partial charge in [-0.05, 0) is 54.6 Å². The molecular weight excluding hydrogens is 490 g/mol. The van der Waals surface area contributed by atoms with Crippen molar-refractivity contribution < 1.29 is 23.7 Å². The van der Waals surface area contributed by atoms with E-state index in [0.29, 0.717) is 17.0 Å². The van der Waals surface area contributed by atoms with Gasteiger partial charge in [-0.1, -0.05) is 18.2 Å². The molecule has 0 aliphatic carbocycles. The van der Waals surface area contributed by atoms with E-state index in [1.807, 2.05) is 0 Å². The zero-order valence-corrected chi connectivity index (χ0v) is 20.0. The summed E-state index contributed by atoms with van der Waals surface area (Å²) in [6.07, 6.45) is 3.20. The Labute approximate surface area is 215 Å². The fourth-order valence-electron chi connectivity index (χ4n) is 5.05. The number of rotatable bonds is 4. The smallest absolute Gasteiger partial charge is 0.269 e. The molecule has 0 saturated carbocycles. The molecule has 3 aromatic carbocycles. The predicted molar refractivity (Wildman–Crippen MR) is 138 cm³/mol. The van der Waals surface area contributed by atoms with Gasteiger partial charge in [0.2, 0.25) is 11.3 Å². The third kappa shape index (κ3) is 3.16. The molecule has 1 atom stereocenters. The van der Waals surface area contributed by atoms with E-state index in [0.717, 1.165) is 0 Å². The molecule has 0 radical (unpaired) electrons. The van der Waals surface area contributed by atoms with Crippen molar-refractivity contribution in [2.24, 2.45) is 0 Å². The molecule has 1 aromatic heterocycles. The van der Waals surface area contributed by atoms with Crippen molar-refractivity contribution >= 4 is 40.0 Å². The largest absolute Gasteiger partial charge is 0.497 e. The van der Waals surface area contributed by atoms with Gasteiger partial charge in [0.15, 0.2) is 5.54 Å². The summed E-state index contributed by atoms with van der Waals surface area (Å²) in [6.45, 7) is 0.0454. The third-order valence-electron chi connectivity index (χ3n) is 6.87. The lowest BCUT2D eigenvalue weighted by atomic mass is 9.90. The van der Waals surface area contributed by atoms with Crippen LogP contribution in [0.1, 0.15) is 15.9 Å². The highest BCUT2D eigenvalue weighted by atomic mass is 16.6. The van der Waals surface area contributed by atoms with Gasteiger partial charge in [-0.15, -0.1) is 0 Å². The molecule has 10 nitrogen and oxygen atoms in total. The van der Waals surface area contributed by atoms with Gasteiger partial charge >= 0.3 is 0 Å². The van der Waals surface area contributed by atoms with Crippen LogP contribution in [0, 0.1) is 10.1 Å². The Kier molecular flexibility index (Phi) is 5.13. The zero-order valence-electron chi connectivity index (χ0n) is 20.0. The van der Waals surface area contributed by atoms with Crippen LogP contribution >= 0.6 is 0 Å². The number of non-ortho nitro benzene ring substituents is 1. The van der Waals surface area contributed by atoms with Crippen molar-refractivity contribution in [1.29, 1.82) is 0 Å². The van der Waals surface area contributed by atoms with Crippen molar-refractivity contribution in [3.63, 3.8) is 0 Å². The third-order valence-corrected chi connectivity index (χ3v) is 6.87. The SMILES string of the molecule is COc1ccc(N2C(=O)C3(C=CCN3C(=O)c3ccc([N+](=O)[O-])cc3)c3c2oc2ccccc2c3=O)cc1. The second-order valence-corrected chi connectivity index (χ2v) is 8.83. The maximum absolute atomic E-state index is 14.3. The minimum Gasteiger partial charge on any atom is -0.497 e. The molecule has 188 valence electrons. The molecule has 0 fully saturated rings. The summed E-state index contributed by atoms with van der Waals surface area (Å²) in [4.78, 5) is 55.1. The molecule has 10 heteroatoms. The Balaban J connectivity index is 1.56. The van der Waals surface area contributed by atoms with Crippen LogP contribution in [0.4, 0.5) is 17.3 Å². The van der Waals surface area contributed by atoms with Crippen LogP contribution in [-0.2, 0) is 10.3 Å². The number of fused-ring (bicyclic) bond motifs is 3. The molecule has 1 spiro atoms. The maximum Gasteiger partial charge on any atom is 0.269 e. The van der Waals surface area contributed by atoms with Gasteiger partial charge in [0.1, 0.15) is 16.9 Å². The van der Waals surface area contributed by atoms with Gasteiger partial charge in [0, 0.05) is 24.2 Å². The van der Waals surface area contributed by atoms with Crippen LogP contribution in [0.25, 0.3) is 11.0 Å². The van der Waals surface area contributed by atoms with Crippen molar-refractivity contribution in [1.82, 2.24) is 4.90 Å². The van der Waals surface area contributed by atoms with Crippen molar-refractivity contribution in [2.75, 3.05) is 18.6 Å². The highest BCUT2D eigenvalue weighted by molar-refractivity contribution is 6.16. The maximum atomic E-state index is 14.3. The monoisotopic (exact) mass is 509 g/mol. The first kappa shape index (κ1) is 23.2. The van der Waals surface area contributed by atoms with Gasteiger partial charge in [-0.3, -0.25) is 24.5 Å². The van der Waals surface area contributed by atoms with Crippen LogP contribution in [0.5, 0.6) is 5.75 Å². The Bertz CT molecular complexity index is 1720. The number of carbonyl (C=O) groups excluding carboxylic acids is 2. The fourth-order valence-corrected chi connectivity index (χ4v) is 5.05. The number of hydrogen-bond acceptors (Lipinski definition) is 7. The first-order valence-corrected chi connectivity index (χ1v) is 11.7. The molecule has 2 amide bonds. The van der Waals surface area contributed by atoms with E-state index < -0.39 is 27.7 Å². The summed E-state index contributed by atoms with van der Waals surface area (Å²) in [5.41, 5.74) is -1.47. The molecule has 0 saturated heterocycles. The average molecular weight is 509 g/mol. The minimum absolute atomic E-state index is 0.0249. The van der Waals surface area contributed by atoms with Gasteiger partial charge in [0.05, 0.1) is 23.1 Å². The van der Waals surface area contributed by atoms with Crippen LogP contribution in [0.15, 0.2) is 94.2 Å². The first-order valence-electron chi connectivity index (χ1n) is 11.7. The van der Waals surface area contributed by atoms with Crippen molar-refractivity contribution in [2.45, 2.75) is 5.54 Å². The summed E-state index contributed by atoms with van der Waals surface area (Å²) in [6, 6.07) is 18.5. The summed E-state index contributed by atoms with van der Waals surface area (Å²) >= 11 is 0. The first-order chi connectivity index (χ1) is 18.4. The number of para-hydroxylation sites is 1. The number of hydrogen-bond donors (Lipinski definition) is 0. The standard InChI is InChI=1S/C28H19N3O7/c1-37-20-13-11-18(12-14-20)30-26-23(24(32)21-5-2-3-6-22(21)38-26)28(27(30)34)15-4-16-29(28)25(33)17-7-9-19(10-8-17)31(35)36/h2-15H,16H2,1H3. The number of ether oxygens (including phenoxy) is 1. The second-order valence-electron chi connectivity index (χ2n) is 8.83. The molecular formula is C28H19N3O7. The van der Waals surface area contributed by atoms with Gasteiger partial charge in [-0.2, -0.15) is 0 Å². The number of nitrogens with zero attached hydrogens (tertiary/aromatic N) is 3. The average Bonchev–Trinajstić information content (AvgIpc) is 3.48. The number of methoxy groups -OCH3 is 1. The lowest BCUT2D eigenvalue weighted by molar-refractivity contribution is -0.384. The summed E-state index contributed by atoms with van der Waals surface area (Å²) in [7, 11) is 1.52. The zero-order chi connectivity index (χ0) is 26.6. The Morgan fingerprint density at radius 2 is 1.74 bits per heavy atom. The van der Waals surface area contributed by atoms with Gasteiger partial charge in [-0.25, -0.2) is 4.90 Å². The fraction of sp³-hybridized carbons (Fsp3) is 0.107. The lowest BCUT2D eigenvalue weighted by Crippen LogP contribution is -2.52. The Morgan fingerprint density at radius 1 is 1.03 bits per heavy atom. The molecule has 4 aromatic rings. The number of anilines is 2. The van der Waals surface area contributed by atoms with Crippen LogP contribution < -0.4 is 15.1 Å². The molecule has 2 aliphatic heterocycles. The Hall–Kier alpha value is -5.25. The number of nitro benzene ring substituents is 1. The number of carbonyl (C=O) groups is 2. The van der Waals surface area contributed by atoms with E-state index in [-0.39, 0.29) is 34.6 Å². The summed E-state index contributed by atoms with van der Waals surface area (Å²) in [5.74, 6) is -0.519. The van der Waals surface area contributed by atoms with Crippen molar-refractivity contribution in [3.8, 4) is 5.75 Å². The van der Waals surface area contributed by atoms with Crippen molar-refractivity contribution in [3.05, 3.63) is 116 Å². The van der Waals surface area contributed by atoms with Gasteiger partial charge < -0.3 is 14.1 Å². The van der Waals surface area contributed by atoms with Crippen LogP contribution in [0.3, 0.4) is 0 Å². The normalized spacial score (nSPS) is 17.9. The van der Waals surface area contributed by atoms with Crippen LogP contribution in [-0.4, -0.2) is 35.3 Å². The highest BCUT2D eigenvalue weighted by Crippen LogP contribution is 2.50. The molecule has 0 bridgehead atoms. The highest BCUT2D eigenvalue weighted by Gasteiger charge is 2.60. The van der Waals surface area contributed by atoms with E-state index in [2.05, 4.69) is 0 Å². The molecule has 6 rings (SSSR count). The van der Waals surface area contributed by atoms with E-state index in [9.17, 15) is 24.5 Å². The summed E-state index contributed by atoms with van der Waals surface area (Å²) < 4.78 is 11.4. The van der Waals surface area contributed by atoms with Gasteiger partial charge in [0.25, 0.3) is 17.5 Å². The predicted octanol–water partition coefficient (Wildman–Crippen LogP) is 4.30. The van der Waals surface area contributed by atoms with E-state index in [4.69, 9.17) is 9.15 Å². The minimum atomic E-state index is -1.77. The summed E-state index contributed by atoms with van der Waals surface area (Å²) in [5, 5.41) is 11.4. The number of benzene rings is 3.